The van der Waals surface area contributed by atoms with E-state index in [1.807, 2.05) is 0 Å². The van der Waals surface area contributed by atoms with E-state index in [1.54, 1.807) is 0 Å². The third-order valence-corrected chi connectivity index (χ3v) is 3.97. The largest absolute Gasteiger partial charge is 0.384 e. The van der Waals surface area contributed by atoms with Crippen molar-refractivity contribution in [2.75, 3.05) is 6.54 Å². The summed E-state index contributed by atoms with van der Waals surface area (Å²) in [6, 6.07) is 0.325. The Morgan fingerprint density at radius 1 is 1.50 bits per heavy atom. The lowest BCUT2D eigenvalue weighted by molar-refractivity contribution is -0.115. The van der Waals surface area contributed by atoms with Crippen molar-refractivity contribution in [1.29, 1.82) is 0 Å². The lowest BCUT2D eigenvalue weighted by atomic mass is 10.0. The maximum atomic E-state index is 10.4. The number of hydrogen-bond acceptors (Lipinski definition) is 4. The summed E-state index contributed by atoms with van der Waals surface area (Å²) in [6.07, 6.45) is 5.41. The molecule has 0 aromatic carbocycles. The molecule has 0 aromatic heterocycles. The van der Waals surface area contributed by atoms with E-state index >= 15 is 0 Å². The van der Waals surface area contributed by atoms with Crippen LogP contribution >= 0.6 is 0 Å². The Balaban J connectivity index is 1.64. The first kappa shape index (κ1) is 12.0. The molecule has 3 unspecified atom stereocenters. The van der Waals surface area contributed by atoms with Gasteiger partial charge in [-0.1, -0.05) is 0 Å². The molecule has 4 heteroatoms. The number of carbonyl (C=O) groups is 1. The van der Waals surface area contributed by atoms with Gasteiger partial charge in [-0.15, -0.1) is 0 Å². The second-order valence-corrected chi connectivity index (χ2v) is 5.31. The van der Waals surface area contributed by atoms with Gasteiger partial charge >= 0.3 is 0 Å². The Morgan fingerprint density at radius 2 is 2.31 bits per heavy atom. The first-order chi connectivity index (χ1) is 7.70. The molecule has 92 valence electrons. The molecule has 2 fully saturated rings. The van der Waals surface area contributed by atoms with Crippen LogP contribution in [-0.4, -0.2) is 36.1 Å². The number of hydrogen-bond donors (Lipinski definition) is 3. The van der Waals surface area contributed by atoms with Crippen LogP contribution in [0.5, 0.6) is 0 Å². The Bertz CT molecular complexity index is 241. The van der Waals surface area contributed by atoms with Gasteiger partial charge in [0.1, 0.15) is 12.4 Å². The zero-order chi connectivity index (χ0) is 11.5. The number of rotatable bonds is 6. The smallest absolute Gasteiger partial charge is 0.150 e. The second kappa shape index (κ2) is 5.25. The Hall–Kier alpha value is -0.450. The summed E-state index contributed by atoms with van der Waals surface area (Å²) in [5.41, 5.74) is 5.74. The van der Waals surface area contributed by atoms with Gasteiger partial charge in [0.15, 0.2) is 0 Å². The molecule has 0 spiro atoms. The van der Waals surface area contributed by atoms with E-state index in [4.69, 9.17) is 5.73 Å². The van der Waals surface area contributed by atoms with Crippen LogP contribution in [0.4, 0.5) is 0 Å². The number of carbonyl (C=O) groups excluding carboxylic acids is 1. The van der Waals surface area contributed by atoms with E-state index in [2.05, 4.69) is 5.32 Å². The summed E-state index contributed by atoms with van der Waals surface area (Å²) in [6.45, 7) is 1.16. The molecule has 0 bridgehead atoms. The molecule has 4 N–H and O–H groups in total. The monoisotopic (exact) mass is 226 g/mol. The molecule has 5 atom stereocenters. The highest BCUT2D eigenvalue weighted by Gasteiger charge is 2.40. The molecule has 16 heavy (non-hydrogen) atoms. The van der Waals surface area contributed by atoms with E-state index in [1.165, 1.54) is 25.7 Å². The highest BCUT2D eigenvalue weighted by atomic mass is 16.3. The average Bonchev–Trinajstić information content (AvgIpc) is 2.79. The van der Waals surface area contributed by atoms with Crippen LogP contribution < -0.4 is 11.1 Å². The van der Waals surface area contributed by atoms with Crippen LogP contribution in [0.1, 0.15) is 32.1 Å². The van der Waals surface area contributed by atoms with Crippen molar-refractivity contribution in [3.05, 3.63) is 0 Å². The first-order valence-corrected chi connectivity index (χ1v) is 6.33. The molecule has 1 aliphatic carbocycles. The summed E-state index contributed by atoms with van der Waals surface area (Å²) in [5, 5.41) is 12.8. The summed E-state index contributed by atoms with van der Waals surface area (Å²) in [4.78, 5) is 10.4. The molecule has 1 heterocycles. The molecule has 0 amide bonds. The second-order valence-electron chi connectivity index (χ2n) is 5.31. The van der Waals surface area contributed by atoms with Crippen LogP contribution in [0.25, 0.3) is 0 Å². The van der Waals surface area contributed by atoms with Crippen molar-refractivity contribution in [1.82, 2.24) is 5.32 Å². The Labute approximate surface area is 96.6 Å². The number of aldehydes is 1. The van der Waals surface area contributed by atoms with Gasteiger partial charge in [0.25, 0.3) is 0 Å². The van der Waals surface area contributed by atoms with Crippen LogP contribution in [-0.2, 0) is 4.79 Å². The van der Waals surface area contributed by atoms with E-state index in [0.717, 1.165) is 18.9 Å². The molecule has 2 aliphatic rings. The zero-order valence-corrected chi connectivity index (χ0v) is 9.64. The lowest BCUT2D eigenvalue weighted by Crippen LogP contribution is -2.36. The van der Waals surface area contributed by atoms with Crippen molar-refractivity contribution in [3.8, 4) is 0 Å². The molecule has 1 saturated heterocycles. The Kier molecular flexibility index (Phi) is 3.95. The quantitative estimate of drug-likeness (QED) is 0.559. The Morgan fingerprint density at radius 3 is 2.94 bits per heavy atom. The van der Waals surface area contributed by atoms with Gasteiger partial charge in [-0.05, 0) is 50.5 Å². The van der Waals surface area contributed by atoms with E-state index in [-0.39, 0.29) is 6.04 Å². The molecular formula is C12H22N2O2. The van der Waals surface area contributed by atoms with Crippen molar-refractivity contribution in [2.45, 2.75) is 50.3 Å². The van der Waals surface area contributed by atoms with E-state index in [9.17, 15) is 9.90 Å². The summed E-state index contributed by atoms with van der Waals surface area (Å²) < 4.78 is 0. The third-order valence-electron chi connectivity index (χ3n) is 3.97. The van der Waals surface area contributed by atoms with Crippen molar-refractivity contribution in [3.63, 3.8) is 0 Å². The molecule has 2 rings (SSSR count). The average molecular weight is 226 g/mol. The lowest BCUT2D eigenvalue weighted by Gasteiger charge is -2.14. The number of nitrogens with two attached hydrogens (primary N) is 1. The molecule has 1 aliphatic heterocycles. The van der Waals surface area contributed by atoms with Gasteiger partial charge in [0, 0.05) is 12.1 Å². The molecular weight excluding hydrogens is 204 g/mol. The van der Waals surface area contributed by atoms with Gasteiger partial charge in [-0.25, -0.2) is 0 Å². The standard InChI is InChI=1S/C12H22N2O2/c13-11(12(16)7-15)6-9-4-8(9)5-10-2-1-3-14-10/h7-12,14,16H,1-6,13H2/t8?,9-,10+,11?,12?/m1/s1. The van der Waals surface area contributed by atoms with E-state index in [0.29, 0.717) is 18.2 Å². The first-order valence-electron chi connectivity index (χ1n) is 6.33. The van der Waals surface area contributed by atoms with Crippen LogP contribution in [0, 0.1) is 11.8 Å². The van der Waals surface area contributed by atoms with Gasteiger partial charge < -0.3 is 21.0 Å². The zero-order valence-electron chi connectivity index (χ0n) is 9.64. The fourth-order valence-corrected chi connectivity index (χ4v) is 2.80. The fraction of sp³-hybridized carbons (Fsp3) is 0.917. The SMILES string of the molecule is NC(C[C@H]1CC1C[C@@H]1CCCN1)C(O)C=O. The molecule has 0 radical (unpaired) electrons. The summed E-state index contributed by atoms with van der Waals surface area (Å²) in [7, 11) is 0. The van der Waals surface area contributed by atoms with E-state index < -0.39 is 6.10 Å². The molecule has 4 nitrogen and oxygen atoms in total. The highest BCUT2D eigenvalue weighted by Crippen LogP contribution is 2.45. The van der Waals surface area contributed by atoms with Crippen LogP contribution in [0.2, 0.25) is 0 Å². The van der Waals surface area contributed by atoms with Crippen molar-refractivity contribution in [2.24, 2.45) is 17.6 Å². The highest BCUT2D eigenvalue weighted by molar-refractivity contribution is 5.56. The van der Waals surface area contributed by atoms with Crippen LogP contribution in [0.15, 0.2) is 0 Å². The topological polar surface area (TPSA) is 75.3 Å². The van der Waals surface area contributed by atoms with Crippen molar-refractivity contribution >= 4 is 6.29 Å². The van der Waals surface area contributed by atoms with Gasteiger partial charge in [0.2, 0.25) is 0 Å². The van der Waals surface area contributed by atoms with Crippen molar-refractivity contribution < 1.29 is 9.90 Å². The normalized spacial score (nSPS) is 37.0. The summed E-state index contributed by atoms with van der Waals surface area (Å²) in [5.74, 6) is 1.40. The van der Waals surface area contributed by atoms with Gasteiger partial charge in [0.05, 0.1) is 0 Å². The number of aliphatic hydroxyl groups excluding tert-OH is 1. The predicted octanol–water partition coefficient (Wildman–Crippen LogP) is 0.0418. The number of aliphatic hydroxyl groups is 1. The maximum Gasteiger partial charge on any atom is 0.150 e. The minimum Gasteiger partial charge on any atom is -0.384 e. The van der Waals surface area contributed by atoms with Gasteiger partial charge in [-0.3, -0.25) is 0 Å². The maximum absolute atomic E-state index is 10.4. The molecule has 1 saturated carbocycles. The third kappa shape index (κ3) is 3.03. The van der Waals surface area contributed by atoms with Gasteiger partial charge in [-0.2, -0.15) is 0 Å². The fourth-order valence-electron chi connectivity index (χ4n) is 2.80. The predicted molar refractivity (Wildman–Crippen MR) is 61.9 cm³/mol. The van der Waals surface area contributed by atoms with Crippen LogP contribution in [0.3, 0.4) is 0 Å². The molecule has 0 aromatic rings. The minimum atomic E-state index is -0.981. The minimum absolute atomic E-state index is 0.371. The summed E-state index contributed by atoms with van der Waals surface area (Å²) >= 11 is 0. The number of nitrogens with one attached hydrogen (secondary N) is 1.